The van der Waals surface area contributed by atoms with Crippen LogP contribution < -0.4 is 5.32 Å². The standard InChI is InChI=1S/C8H12BrN3O.ClH/c9-6-3-11-12(5-6)7-1-2-10-4-8(7)13;/h3,5,7-8,10,13H,1-2,4H2;1H. The first-order chi connectivity index (χ1) is 6.27. The Labute approximate surface area is 97.2 Å². The number of aromatic nitrogens is 2. The van der Waals surface area contributed by atoms with E-state index >= 15 is 0 Å². The SMILES string of the molecule is Cl.OC1CNCCC1n1cc(Br)cn1. The maximum atomic E-state index is 9.69. The summed E-state index contributed by atoms with van der Waals surface area (Å²) in [5.74, 6) is 0. The zero-order valence-electron chi connectivity index (χ0n) is 7.56. The summed E-state index contributed by atoms with van der Waals surface area (Å²) in [4.78, 5) is 0. The van der Waals surface area contributed by atoms with E-state index in [1.54, 1.807) is 6.20 Å². The zero-order chi connectivity index (χ0) is 9.26. The van der Waals surface area contributed by atoms with Crippen molar-refractivity contribution in [1.82, 2.24) is 15.1 Å². The number of aliphatic hydroxyl groups is 1. The second-order valence-corrected chi connectivity index (χ2v) is 4.18. The lowest BCUT2D eigenvalue weighted by molar-refractivity contribution is 0.0810. The fraction of sp³-hybridized carbons (Fsp3) is 0.625. The molecule has 0 saturated carbocycles. The van der Waals surface area contributed by atoms with Crippen LogP contribution in [-0.4, -0.2) is 34.1 Å². The Morgan fingerprint density at radius 2 is 2.43 bits per heavy atom. The zero-order valence-corrected chi connectivity index (χ0v) is 9.96. The van der Waals surface area contributed by atoms with E-state index in [4.69, 9.17) is 0 Å². The summed E-state index contributed by atoms with van der Waals surface area (Å²) >= 11 is 3.34. The maximum absolute atomic E-state index is 9.69. The average Bonchev–Trinajstić information content (AvgIpc) is 2.53. The first-order valence-electron chi connectivity index (χ1n) is 4.36. The highest BCUT2D eigenvalue weighted by atomic mass is 79.9. The summed E-state index contributed by atoms with van der Waals surface area (Å²) in [6.45, 7) is 1.60. The summed E-state index contributed by atoms with van der Waals surface area (Å²) in [7, 11) is 0. The molecule has 0 radical (unpaired) electrons. The van der Waals surface area contributed by atoms with Crippen LogP contribution in [0.3, 0.4) is 0 Å². The van der Waals surface area contributed by atoms with Crippen molar-refractivity contribution >= 4 is 28.3 Å². The number of hydrogen-bond acceptors (Lipinski definition) is 3. The van der Waals surface area contributed by atoms with Crippen LogP contribution in [0.1, 0.15) is 12.5 Å². The van der Waals surface area contributed by atoms with Crippen molar-refractivity contribution in [3.63, 3.8) is 0 Å². The molecule has 2 heterocycles. The van der Waals surface area contributed by atoms with E-state index in [1.165, 1.54) is 0 Å². The van der Waals surface area contributed by atoms with Crippen LogP contribution >= 0.6 is 28.3 Å². The molecule has 1 saturated heterocycles. The summed E-state index contributed by atoms with van der Waals surface area (Å²) < 4.78 is 2.79. The predicted octanol–water partition coefficient (Wildman–Crippen LogP) is 0.963. The quantitative estimate of drug-likeness (QED) is 0.807. The molecule has 1 aromatic heterocycles. The molecule has 80 valence electrons. The van der Waals surface area contributed by atoms with E-state index in [1.807, 2.05) is 10.9 Å². The maximum Gasteiger partial charge on any atom is 0.0888 e. The van der Waals surface area contributed by atoms with Gasteiger partial charge in [-0.15, -0.1) is 12.4 Å². The van der Waals surface area contributed by atoms with E-state index in [9.17, 15) is 5.11 Å². The van der Waals surface area contributed by atoms with Crippen molar-refractivity contribution < 1.29 is 5.11 Å². The first-order valence-corrected chi connectivity index (χ1v) is 5.15. The Morgan fingerprint density at radius 3 is 3.00 bits per heavy atom. The highest BCUT2D eigenvalue weighted by Crippen LogP contribution is 2.20. The lowest BCUT2D eigenvalue weighted by Gasteiger charge is -2.28. The number of β-amino-alcohol motifs (C(OH)–C–C–N with tert-alkyl or cyclic N) is 1. The summed E-state index contributed by atoms with van der Waals surface area (Å²) in [5.41, 5.74) is 0. The predicted molar refractivity (Wildman–Crippen MR) is 59.7 cm³/mol. The molecule has 0 amide bonds. The van der Waals surface area contributed by atoms with Crippen LogP contribution in [0, 0.1) is 0 Å². The second kappa shape index (κ2) is 5.11. The normalized spacial score (nSPS) is 27.0. The molecule has 2 atom stereocenters. The van der Waals surface area contributed by atoms with Crippen molar-refractivity contribution in [3.8, 4) is 0 Å². The molecule has 6 heteroatoms. The lowest BCUT2D eigenvalue weighted by Crippen LogP contribution is -2.41. The van der Waals surface area contributed by atoms with Crippen LogP contribution in [0.4, 0.5) is 0 Å². The second-order valence-electron chi connectivity index (χ2n) is 3.27. The molecule has 1 aliphatic rings. The lowest BCUT2D eigenvalue weighted by atomic mass is 10.0. The fourth-order valence-corrected chi connectivity index (χ4v) is 1.93. The number of hydrogen-bond donors (Lipinski definition) is 2. The van der Waals surface area contributed by atoms with Crippen molar-refractivity contribution in [2.75, 3.05) is 13.1 Å². The van der Waals surface area contributed by atoms with Gasteiger partial charge in [0.2, 0.25) is 0 Å². The molecule has 0 bridgehead atoms. The van der Waals surface area contributed by atoms with Crippen LogP contribution in [0.5, 0.6) is 0 Å². The fourth-order valence-electron chi connectivity index (χ4n) is 1.63. The molecule has 4 nitrogen and oxygen atoms in total. The Kier molecular flexibility index (Phi) is 4.37. The smallest absolute Gasteiger partial charge is 0.0888 e. The van der Waals surface area contributed by atoms with E-state index < -0.39 is 0 Å². The molecule has 0 aliphatic carbocycles. The van der Waals surface area contributed by atoms with Gasteiger partial charge in [0.05, 0.1) is 22.8 Å². The number of nitrogens with one attached hydrogen (secondary N) is 1. The molecule has 2 N–H and O–H groups in total. The first kappa shape index (κ1) is 12.0. The Balaban J connectivity index is 0.000000980. The molecule has 2 rings (SSSR count). The van der Waals surface area contributed by atoms with Crippen molar-refractivity contribution in [2.24, 2.45) is 0 Å². The number of rotatable bonds is 1. The van der Waals surface area contributed by atoms with Gasteiger partial charge < -0.3 is 10.4 Å². The largest absolute Gasteiger partial charge is 0.390 e. The van der Waals surface area contributed by atoms with Crippen LogP contribution in [0.25, 0.3) is 0 Å². The number of halogens is 2. The molecule has 2 unspecified atom stereocenters. The third-order valence-corrected chi connectivity index (χ3v) is 2.73. The highest BCUT2D eigenvalue weighted by Gasteiger charge is 2.24. The molecule has 0 aromatic carbocycles. The summed E-state index contributed by atoms with van der Waals surface area (Å²) in [6, 6.07) is 0.118. The topological polar surface area (TPSA) is 50.1 Å². The van der Waals surface area contributed by atoms with Gasteiger partial charge in [0.1, 0.15) is 0 Å². The summed E-state index contributed by atoms with van der Waals surface area (Å²) in [6.07, 6.45) is 4.24. The van der Waals surface area contributed by atoms with Gasteiger partial charge >= 0.3 is 0 Å². The van der Waals surface area contributed by atoms with Gasteiger partial charge in [-0.1, -0.05) is 0 Å². The van der Waals surface area contributed by atoms with E-state index in [0.717, 1.165) is 17.4 Å². The van der Waals surface area contributed by atoms with Gasteiger partial charge in [0, 0.05) is 12.7 Å². The third kappa shape index (κ3) is 2.48. The van der Waals surface area contributed by atoms with Crippen LogP contribution in [0.2, 0.25) is 0 Å². The minimum Gasteiger partial charge on any atom is -0.390 e. The summed E-state index contributed by atoms with van der Waals surface area (Å²) in [5, 5.41) is 17.0. The Morgan fingerprint density at radius 1 is 1.64 bits per heavy atom. The van der Waals surface area contributed by atoms with Gasteiger partial charge in [-0.2, -0.15) is 5.10 Å². The van der Waals surface area contributed by atoms with E-state index in [-0.39, 0.29) is 24.6 Å². The molecule has 1 aliphatic heterocycles. The molecule has 14 heavy (non-hydrogen) atoms. The van der Waals surface area contributed by atoms with Gasteiger partial charge in [0.15, 0.2) is 0 Å². The van der Waals surface area contributed by atoms with Gasteiger partial charge in [-0.3, -0.25) is 4.68 Å². The van der Waals surface area contributed by atoms with Crippen LogP contribution in [-0.2, 0) is 0 Å². The monoisotopic (exact) mass is 281 g/mol. The van der Waals surface area contributed by atoms with Crippen molar-refractivity contribution in [1.29, 1.82) is 0 Å². The minimum atomic E-state index is -0.333. The van der Waals surface area contributed by atoms with E-state index in [0.29, 0.717) is 6.54 Å². The molecule has 1 fully saturated rings. The van der Waals surface area contributed by atoms with Crippen molar-refractivity contribution in [2.45, 2.75) is 18.6 Å². The van der Waals surface area contributed by atoms with E-state index in [2.05, 4.69) is 26.3 Å². The van der Waals surface area contributed by atoms with Gasteiger partial charge in [-0.25, -0.2) is 0 Å². The van der Waals surface area contributed by atoms with Gasteiger partial charge in [-0.05, 0) is 28.9 Å². The number of piperidine rings is 1. The van der Waals surface area contributed by atoms with Crippen molar-refractivity contribution in [3.05, 3.63) is 16.9 Å². The third-order valence-electron chi connectivity index (χ3n) is 2.32. The number of nitrogens with zero attached hydrogens (tertiary/aromatic N) is 2. The average molecular weight is 283 g/mol. The minimum absolute atomic E-state index is 0. The number of aliphatic hydroxyl groups excluding tert-OH is 1. The van der Waals surface area contributed by atoms with Gasteiger partial charge in [0.25, 0.3) is 0 Å². The molecular weight excluding hydrogens is 269 g/mol. The molecule has 0 spiro atoms. The molecule has 1 aromatic rings. The van der Waals surface area contributed by atoms with Crippen LogP contribution in [0.15, 0.2) is 16.9 Å². The Bertz CT molecular complexity index is 294. The highest BCUT2D eigenvalue weighted by molar-refractivity contribution is 9.10. The Hall–Kier alpha value is -0.100. The molecular formula is C8H13BrClN3O.